The number of rotatable bonds is 13. The van der Waals surface area contributed by atoms with E-state index >= 15 is 0 Å². The predicted octanol–water partition coefficient (Wildman–Crippen LogP) is 3.70. The molecule has 6 heteroatoms. The van der Waals surface area contributed by atoms with Crippen molar-refractivity contribution in [2.24, 2.45) is 11.8 Å². The highest BCUT2D eigenvalue weighted by Gasteiger charge is 2.40. The summed E-state index contributed by atoms with van der Waals surface area (Å²) in [6.07, 6.45) is 4.91. The molecular formula is C22H34O5S. The van der Waals surface area contributed by atoms with Crippen LogP contribution >= 0.6 is 11.8 Å². The third-order valence-corrected chi connectivity index (χ3v) is 6.88. The van der Waals surface area contributed by atoms with Crippen molar-refractivity contribution in [3.05, 3.63) is 30.3 Å². The summed E-state index contributed by atoms with van der Waals surface area (Å²) in [5.41, 5.74) is 0. The quantitative estimate of drug-likeness (QED) is 0.292. The zero-order valence-corrected chi connectivity index (χ0v) is 17.3. The van der Waals surface area contributed by atoms with E-state index in [2.05, 4.69) is 0 Å². The van der Waals surface area contributed by atoms with Gasteiger partial charge < -0.3 is 20.4 Å². The summed E-state index contributed by atoms with van der Waals surface area (Å²) in [7, 11) is 0. The highest BCUT2D eigenvalue weighted by atomic mass is 32.2. The molecule has 1 aromatic rings. The first-order valence-electron chi connectivity index (χ1n) is 10.4. The van der Waals surface area contributed by atoms with Crippen LogP contribution in [0.3, 0.4) is 0 Å². The lowest BCUT2D eigenvalue weighted by molar-refractivity contribution is -0.137. The van der Waals surface area contributed by atoms with E-state index in [0.29, 0.717) is 25.0 Å². The largest absolute Gasteiger partial charge is 0.481 e. The Morgan fingerprint density at radius 2 is 1.64 bits per heavy atom. The molecule has 1 aliphatic carbocycles. The lowest BCUT2D eigenvalue weighted by atomic mass is 9.85. The van der Waals surface area contributed by atoms with Crippen molar-refractivity contribution in [3.8, 4) is 0 Å². The van der Waals surface area contributed by atoms with Gasteiger partial charge in [0.25, 0.3) is 0 Å². The molecule has 1 fully saturated rings. The highest BCUT2D eigenvalue weighted by molar-refractivity contribution is 7.99. The molecule has 2 rings (SSSR count). The second kappa shape index (κ2) is 12.5. The van der Waals surface area contributed by atoms with E-state index in [-0.39, 0.29) is 18.3 Å². The molecule has 0 aliphatic heterocycles. The van der Waals surface area contributed by atoms with Gasteiger partial charge in [-0.1, -0.05) is 37.5 Å². The Bertz CT molecular complexity index is 567. The molecule has 0 aromatic heterocycles. The minimum absolute atomic E-state index is 0.0328. The minimum Gasteiger partial charge on any atom is -0.481 e. The van der Waals surface area contributed by atoms with Gasteiger partial charge in [-0.05, 0) is 56.1 Å². The van der Waals surface area contributed by atoms with Gasteiger partial charge in [0.2, 0.25) is 0 Å². The highest BCUT2D eigenvalue weighted by Crippen LogP contribution is 2.39. The van der Waals surface area contributed by atoms with E-state index in [4.69, 9.17) is 5.11 Å². The Morgan fingerprint density at radius 3 is 2.32 bits per heavy atom. The molecule has 0 saturated heterocycles. The molecule has 5 nitrogen and oxygen atoms in total. The summed E-state index contributed by atoms with van der Waals surface area (Å²) in [5, 5.41) is 39.6. The number of hydrogen-bond acceptors (Lipinski definition) is 5. The van der Waals surface area contributed by atoms with E-state index in [1.54, 1.807) is 11.8 Å². The molecule has 1 aliphatic rings. The standard InChI is InChI=1S/C22H34O5S/c23-16(15-28-17-8-4-3-5-9-17)12-13-19-18(20(24)14-21(19)25)10-6-1-2-7-11-22(26)27/h3-5,8-9,16,18-21,23-25H,1-2,6-7,10-15H2,(H,26,27). The Hall–Kier alpha value is -1.08. The Kier molecular flexibility index (Phi) is 10.3. The molecular weight excluding hydrogens is 376 g/mol. The van der Waals surface area contributed by atoms with E-state index in [1.165, 1.54) is 0 Å². The van der Waals surface area contributed by atoms with Gasteiger partial charge in [0.05, 0.1) is 18.3 Å². The van der Waals surface area contributed by atoms with Gasteiger partial charge in [0.15, 0.2) is 0 Å². The van der Waals surface area contributed by atoms with Crippen LogP contribution < -0.4 is 0 Å². The number of aliphatic hydroxyl groups excluding tert-OH is 3. The number of carboxylic acids is 1. The molecule has 5 atom stereocenters. The van der Waals surface area contributed by atoms with Crippen molar-refractivity contribution in [2.75, 3.05) is 5.75 Å². The number of carbonyl (C=O) groups is 1. The monoisotopic (exact) mass is 410 g/mol. The van der Waals surface area contributed by atoms with Crippen LogP contribution in [-0.2, 0) is 4.79 Å². The normalized spacial score (nSPS) is 25.7. The lowest BCUT2D eigenvalue weighted by Crippen LogP contribution is -2.24. The molecule has 1 saturated carbocycles. The van der Waals surface area contributed by atoms with Gasteiger partial charge in [-0.3, -0.25) is 4.79 Å². The second-order valence-electron chi connectivity index (χ2n) is 7.90. The van der Waals surface area contributed by atoms with Crippen LogP contribution in [0.4, 0.5) is 0 Å². The van der Waals surface area contributed by atoms with Gasteiger partial charge in [-0.2, -0.15) is 0 Å². The number of benzene rings is 1. The minimum atomic E-state index is -0.751. The zero-order valence-electron chi connectivity index (χ0n) is 16.4. The molecule has 5 unspecified atom stereocenters. The van der Waals surface area contributed by atoms with Crippen LogP contribution in [0.25, 0.3) is 0 Å². The summed E-state index contributed by atoms with van der Waals surface area (Å²) in [6, 6.07) is 10.00. The maximum Gasteiger partial charge on any atom is 0.303 e. The molecule has 0 radical (unpaired) electrons. The number of unbranched alkanes of at least 4 members (excludes halogenated alkanes) is 3. The fourth-order valence-electron chi connectivity index (χ4n) is 4.17. The van der Waals surface area contributed by atoms with Gasteiger partial charge >= 0.3 is 5.97 Å². The SMILES string of the molecule is O=C(O)CCCCCCC1C(O)CC(O)C1CCC(O)CSc1ccccc1. The predicted molar refractivity (Wildman–Crippen MR) is 111 cm³/mol. The maximum absolute atomic E-state index is 10.5. The van der Waals surface area contributed by atoms with Gasteiger partial charge in [0.1, 0.15) is 0 Å². The number of carboxylic acid groups (broad SMARTS) is 1. The van der Waals surface area contributed by atoms with Gasteiger partial charge in [-0.15, -0.1) is 11.8 Å². The summed E-state index contributed by atoms with van der Waals surface area (Å²) in [5.74, 6) is -0.0175. The van der Waals surface area contributed by atoms with Crippen LogP contribution in [0.5, 0.6) is 0 Å². The van der Waals surface area contributed by atoms with Gasteiger partial charge in [0, 0.05) is 17.1 Å². The van der Waals surface area contributed by atoms with Crippen LogP contribution in [0.1, 0.15) is 57.8 Å². The molecule has 158 valence electrons. The van der Waals surface area contributed by atoms with Crippen molar-refractivity contribution in [2.45, 2.75) is 81.0 Å². The topological polar surface area (TPSA) is 98.0 Å². The van der Waals surface area contributed by atoms with Crippen molar-refractivity contribution in [1.29, 1.82) is 0 Å². The fourth-order valence-corrected chi connectivity index (χ4v) is 5.07. The van der Waals surface area contributed by atoms with Crippen LogP contribution in [0, 0.1) is 11.8 Å². The number of aliphatic hydroxyl groups is 3. The van der Waals surface area contributed by atoms with E-state index in [0.717, 1.165) is 37.0 Å². The second-order valence-corrected chi connectivity index (χ2v) is 8.99. The Labute approximate surface area is 172 Å². The van der Waals surface area contributed by atoms with E-state index in [9.17, 15) is 20.1 Å². The number of thioether (sulfide) groups is 1. The first-order chi connectivity index (χ1) is 13.5. The molecule has 0 heterocycles. The number of hydrogen-bond donors (Lipinski definition) is 4. The molecule has 0 spiro atoms. The first-order valence-corrected chi connectivity index (χ1v) is 11.4. The van der Waals surface area contributed by atoms with Crippen LogP contribution in [0.2, 0.25) is 0 Å². The maximum atomic E-state index is 10.5. The molecule has 0 bridgehead atoms. The fraction of sp³-hybridized carbons (Fsp3) is 0.682. The third-order valence-electron chi connectivity index (χ3n) is 5.72. The molecule has 1 aromatic carbocycles. The number of aliphatic carboxylic acids is 1. The lowest BCUT2D eigenvalue weighted by Gasteiger charge is -2.24. The van der Waals surface area contributed by atoms with Crippen molar-refractivity contribution in [1.82, 2.24) is 0 Å². The summed E-state index contributed by atoms with van der Waals surface area (Å²) in [6.45, 7) is 0. The summed E-state index contributed by atoms with van der Waals surface area (Å²) in [4.78, 5) is 11.7. The van der Waals surface area contributed by atoms with E-state index in [1.807, 2.05) is 30.3 Å². The Balaban J connectivity index is 1.69. The van der Waals surface area contributed by atoms with Crippen LogP contribution in [-0.4, -0.2) is 50.5 Å². The summed E-state index contributed by atoms with van der Waals surface area (Å²) >= 11 is 1.63. The third kappa shape index (κ3) is 8.11. The smallest absolute Gasteiger partial charge is 0.303 e. The Morgan fingerprint density at radius 1 is 1.00 bits per heavy atom. The summed E-state index contributed by atoms with van der Waals surface area (Å²) < 4.78 is 0. The average Bonchev–Trinajstić information content (AvgIpc) is 2.94. The van der Waals surface area contributed by atoms with Crippen molar-refractivity contribution < 1.29 is 25.2 Å². The molecule has 4 N–H and O–H groups in total. The van der Waals surface area contributed by atoms with Crippen LogP contribution in [0.15, 0.2) is 35.2 Å². The molecule has 0 amide bonds. The average molecular weight is 411 g/mol. The zero-order chi connectivity index (χ0) is 20.4. The van der Waals surface area contributed by atoms with Crippen molar-refractivity contribution in [3.63, 3.8) is 0 Å². The molecule has 28 heavy (non-hydrogen) atoms. The first kappa shape index (κ1) is 23.2. The van der Waals surface area contributed by atoms with Crippen molar-refractivity contribution >= 4 is 17.7 Å². The van der Waals surface area contributed by atoms with E-state index < -0.39 is 24.3 Å². The van der Waals surface area contributed by atoms with Gasteiger partial charge in [-0.25, -0.2) is 0 Å².